The lowest BCUT2D eigenvalue weighted by Crippen LogP contribution is -2.18. The Balaban J connectivity index is 3.97. The Kier molecular flexibility index (Phi) is 24.2. The summed E-state index contributed by atoms with van der Waals surface area (Å²) in [6.07, 6.45) is 22.6. The SMILES string of the molecule is CCCCCCCCC(CCCCCCCC)C(=O)OCCCCCCCOCO. The second-order valence-corrected chi connectivity index (χ2v) is 8.78. The van der Waals surface area contributed by atoms with Crippen molar-refractivity contribution in [1.82, 2.24) is 0 Å². The lowest BCUT2D eigenvalue weighted by atomic mass is 9.94. The van der Waals surface area contributed by atoms with E-state index in [1.54, 1.807) is 0 Å². The third-order valence-electron chi connectivity index (χ3n) is 5.91. The van der Waals surface area contributed by atoms with Crippen molar-refractivity contribution in [3.8, 4) is 0 Å². The van der Waals surface area contributed by atoms with Gasteiger partial charge in [0.05, 0.1) is 12.5 Å². The van der Waals surface area contributed by atoms with Gasteiger partial charge in [-0.05, 0) is 25.7 Å². The molecule has 0 fully saturated rings. The summed E-state index contributed by atoms with van der Waals surface area (Å²) in [5.74, 6) is 0.159. The van der Waals surface area contributed by atoms with Crippen LogP contribution in [0.25, 0.3) is 0 Å². The molecule has 0 aromatic carbocycles. The number of ether oxygens (including phenoxy) is 2. The normalized spacial score (nSPS) is 11.3. The maximum absolute atomic E-state index is 12.6. The zero-order valence-electron chi connectivity index (χ0n) is 20.3. The molecule has 0 unspecified atom stereocenters. The molecule has 0 amide bonds. The Bertz CT molecular complexity index is 330. The number of hydrogen-bond donors (Lipinski definition) is 1. The van der Waals surface area contributed by atoms with Gasteiger partial charge in [-0.1, -0.05) is 110 Å². The molecule has 0 aliphatic heterocycles. The largest absolute Gasteiger partial charge is 0.465 e. The fourth-order valence-electron chi connectivity index (χ4n) is 3.91. The van der Waals surface area contributed by atoms with Crippen LogP contribution in [0, 0.1) is 5.92 Å². The van der Waals surface area contributed by atoms with Crippen molar-refractivity contribution in [2.45, 2.75) is 136 Å². The molecule has 0 spiro atoms. The highest BCUT2D eigenvalue weighted by molar-refractivity contribution is 5.72. The van der Waals surface area contributed by atoms with Crippen LogP contribution in [0.3, 0.4) is 0 Å². The summed E-state index contributed by atoms with van der Waals surface area (Å²) in [7, 11) is 0. The van der Waals surface area contributed by atoms with E-state index < -0.39 is 0 Å². The third kappa shape index (κ3) is 20.7. The van der Waals surface area contributed by atoms with Gasteiger partial charge in [-0.2, -0.15) is 0 Å². The average Bonchev–Trinajstić information content (AvgIpc) is 2.75. The van der Waals surface area contributed by atoms with Gasteiger partial charge in [-0.3, -0.25) is 4.79 Å². The zero-order chi connectivity index (χ0) is 22.1. The first kappa shape index (κ1) is 29.4. The minimum absolute atomic E-state index is 0.0495. The Labute approximate surface area is 187 Å². The first-order valence-corrected chi connectivity index (χ1v) is 13.1. The first-order valence-electron chi connectivity index (χ1n) is 13.1. The van der Waals surface area contributed by atoms with E-state index in [-0.39, 0.29) is 18.7 Å². The van der Waals surface area contributed by atoms with E-state index >= 15 is 0 Å². The van der Waals surface area contributed by atoms with Gasteiger partial charge in [0.1, 0.15) is 6.79 Å². The number of aliphatic hydroxyl groups excluding tert-OH is 1. The molecule has 1 N–H and O–H groups in total. The van der Waals surface area contributed by atoms with Crippen LogP contribution in [0.1, 0.15) is 136 Å². The Morgan fingerprint density at radius 3 is 1.57 bits per heavy atom. The van der Waals surface area contributed by atoms with E-state index in [2.05, 4.69) is 13.8 Å². The van der Waals surface area contributed by atoms with Gasteiger partial charge in [0.25, 0.3) is 0 Å². The fraction of sp³-hybridized carbons (Fsp3) is 0.962. The van der Waals surface area contributed by atoms with Gasteiger partial charge in [-0.25, -0.2) is 0 Å². The number of hydrogen-bond acceptors (Lipinski definition) is 4. The van der Waals surface area contributed by atoms with Gasteiger partial charge in [-0.15, -0.1) is 0 Å². The minimum Gasteiger partial charge on any atom is -0.465 e. The molecule has 0 atom stereocenters. The summed E-state index contributed by atoms with van der Waals surface area (Å²) in [4.78, 5) is 12.6. The predicted molar refractivity (Wildman–Crippen MR) is 127 cm³/mol. The number of unbranched alkanes of at least 4 members (excludes halogenated alkanes) is 14. The van der Waals surface area contributed by atoms with Crippen molar-refractivity contribution in [2.24, 2.45) is 5.92 Å². The van der Waals surface area contributed by atoms with Crippen LogP contribution in [0.2, 0.25) is 0 Å². The Morgan fingerprint density at radius 1 is 0.633 bits per heavy atom. The van der Waals surface area contributed by atoms with E-state index in [1.807, 2.05) is 0 Å². The third-order valence-corrected chi connectivity index (χ3v) is 5.91. The van der Waals surface area contributed by atoms with Crippen LogP contribution in [0.5, 0.6) is 0 Å². The summed E-state index contributed by atoms with van der Waals surface area (Å²) in [5.41, 5.74) is 0. The molecular weight excluding hydrogens is 376 g/mol. The standard InChI is InChI=1S/C26H52O4/c1-3-5-7-9-12-16-20-25(21-17-13-10-8-6-4-2)26(28)30-23-19-15-11-14-18-22-29-24-27/h25,27H,3-24H2,1-2H3. The van der Waals surface area contributed by atoms with Gasteiger partial charge in [0.15, 0.2) is 0 Å². The predicted octanol–water partition coefficient (Wildman–Crippen LogP) is 7.56. The minimum atomic E-state index is -0.186. The van der Waals surface area contributed by atoms with E-state index in [0.717, 1.165) is 57.8 Å². The molecule has 0 saturated heterocycles. The second-order valence-electron chi connectivity index (χ2n) is 8.78. The molecule has 0 radical (unpaired) electrons. The second kappa shape index (κ2) is 24.7. The maximum atomic E-state index is 12.6. The van der Waals surface area contributed by atoms with Crippen LogP contribution in [0.4, 0.5) is 0 Å². The van der Waals surface area contributed by atoms with Gasteiger partial charge >= 0.3 is 5.97 Å². The molecule has 0 saturated carbocycles. The molecule has 0 aromatic heterocycles. The Hall–Kier alpha value is -0.610. The summed E-state index contributed by atoms with van der Waals surface area (Å²) < 4.78 is 10.6. The summed E-state index contributed by atoms with van der Waals surface area (Å²) >= 11 is 0. The van der Waals surface area contributed by atoms with Crippen LogP contribution in [-0.4, -0.2) is 31.1 Å². The lowest BCUT2D eigenvalue weighted by Gasteiger charge is -2.16. The number of carbonyl (C=O) groups excluding carboxylic acids is 1. The molecule has 4 heteroatoms. The molecule has 0 aromatic rings. The molecule has 0 rings (SSSR count). The smallest absolute Gasteiger partial charge is 0.308 e. The van der Waals surface area contributed by atoms with Crippen molar-refractivity contribution in [1.29, 1.82) is 0 Å². The molecule has 0 heterocycles. The highest BCUT2D eigenvalue weighted by Gasteiger charge is 2.19. The number of carbonyl (C=O) groups is 1. The topological polar surface area (TPSA) is 55.8 Å². The van der Waals surface area contributed by atoms with Crippen LogP contribution in [-0.2, 0) is 14.3 Å². The molecule has 4 nitrogen and oxygen atoms in total. The molecule has 180 valence electrons. The zero-order valence-corrected chi connectivity index (χ0v) is 20.3. The highest BCUT2D eigenvalue weighted by atomic mass is 16.6. The van der Waals surface area contributed by atoms with Crippen molar-refractivity contribution < 1.29 is 19.4 Å². The molecule has 30 heavy (non-hydrogen) atoms. The molecular formula is C26H52O4. The first-order chi connectivity index (χ1) is 14.8. The lowest BCUT2D eigenvalue weighted by molar-refractivity contribution is -0.149. The van der Waals surface area contributed by atoms with E-state index in [1.165, 1.54) is 64.2 Å². The van der Waals surface area contributed by atoms with Crippen LogP contribution < -0.4 is 0 Å². The van der Waals surface area contributed by atoms with Crippen molar-refractivity contribution in [3.63, 3.8) is 0 Å². The van der Waals surface area contributed by atoms with Gasteiger partial charge in [0.2, 0.25) is 0 Å². The summed E-state index contributed by atoms with van der Waals surface area (Å²) in [6, 6.07) is 0. The number of aliphatic hydroxyl groups is 1. The molecule has 0 bridgehead atoms. The number of esters is 1. The highest BCUT2D eigenvalue weighted by Crippen LogP contribution is 2.21. The van der Waals surface area contributed by atoms with Crippen molar-refractivity contribution >= 4 is 5.97 Å². The average molecular weight is 429 g/mol. The quantitative estimate of drug-likeness (QED) is 0.0978. The van der Waals surface area contributed by atoms with Gasteiger partial charge < -0.3 is 14.6 Å². The van der Waals surface area contributed by atoms with Crippen molar-refractivity contribution in [2.75, 3.05) is 20.0 Å². The fourth-order valence-corrected chi connectivity index (χ4v) is 3.91. The number of rotatable bonds is 24. The van der Waals surface area contributed by atoms with Crippen LogP contribution >= 0.6 is 0 Å². The van der Waals surface area contributed by atoms with E-state index in [9.17, 15) is 4.79 Å². The Morgan fingerprint density at radius 2 is 1.07 bits per heavy atom. The molecule has 0 aliphatic rings. The summed E-state index contributed by atoms with van der Waals surface area (Å²) in [5, 5.41) is 8.57. The molecule has 0 aliphatic carbocycles. The van der Waals surface area contributed by atoms with Crippen LogP contribution in [0.15, 0.2) is 0 Å². The monoisotopic (exact) mass is 428 g/mol. The van der Waals surface area contributed by atoms with E-state index in [0.29, 0.717) is 13.2 Å². The maximum Gasteiger partial charge on any atom is 0.308 e. The van der Waals surface area contributed by atoms with Crippen molar-refractivity contribution in [3.05, 3.63) is 0 Å². The summed E-state index contributed by atoms with van der Waals surface area (Å²) in [6.45, 7) is 5.50. The van der Waals surface area contributed by atoms with E-state index in [4.69, 9.17) is 14.6 Å². The van der Waals surface area contributed by atoms with Gasteiger partial charge in [0, 0.05) is 6.61 Å².